The van der Waals surface area contributed by atoms with E-state index < -0.39 is 24.1 Å². The van der Waals surface area contributed by atoms with Gasteiger partial charge in [0, 0.05) is 24.3 Å². The molecule has 31 heavy (non-hydrogen) atoms. The van der Waals surface area contributed by atoms with E-state index in [4.69, 9.17) is 32.7 Å². The van der Waals surface area contributed by atoms with E-state index >= 15 is 0 Å². The Balaban J connectivity index is 1.94. The molecule has 2 atom stereocenters. The van der Waals surface area contributed by atoms with Gasteiger partial charge in [0.2, 0.25) is 0 Å². The Morgan fingerprint density at radius 1 is 1.32 bits per heavy atom. The third kappa shape index (κ3) is 6.03. The van der Waals surface area contributed by atoms with Crippen LogP contribution in [-0.4, -0.2) is 37.4 Å². The Hall–Kier alpha value is -2.01. The molecule has 1 aromatic carbocycles. The van der Waals surface area contributed by atoms with Crippen molar-refractivity contribution in [3.63, 3.8) is 0 Å². The van der Waals surface area contributed by atoms with Gasteiger partial charge in [-0.2, -0.15) is 13.5 Å². The first-order chi connectivity index (χ1) is 14.8. The lowest BCUT2D eigenvalue weighted by Crippen LogP contribution is -2.32. The minimum absolute atomic E-state index is 0.0369. The summed E-state index contributed by atoms with van der Waals surface area (Å²) in [7, 11) is 1.30. The molecule has 0 spiro atoms. The summed E-state index contributed by atoms with van der Waals surface area (Å²) < 4.78 is 41.0. The molecule has 1 aliphatic heterocycles. The van der Waals surface area contributed by atoms with Crippen LogP contribution in [-0.2, 0) is 16.0 Å². The lowest BCUT2D eigenvalue weighted by atomic mass is 10.0. The number of nitrogens with zero attached hydrogens (tertiary/aromatic N) is 1. The molecule has 2 unspecified atom stereocenters. The largest absolute Gasteiger partial charge is 0.619 e. The molecule has 7 nitrogen and oxygen atoms in total. The second-order valence-electron chi connectivity index (χ2n) is 6.42. The van der Waals surface area contributed by atoms with Gasteiger partial charge in [-0.05, 0) is 17.7 Å². The summed E-state index contributed by atoms with van der Waals surface area (Å²) in [5.41, 5.74) is 0.841. The summed E-state index contributed by atoms with van der Waals surface area (Å²) >= 11 is 13.8. The molecule has 1 aliphatic rings. The summed E-state index contributed by atoms with van der Waals surface area (Å²) in [4.78, 5) is 12.6. The number of pyridine rings is 1. The van der Waals surface area contributed by atoms with Gasteiger partial charge in [-0.3, -0.25) is 5.32 Å². The fourth-order valence-electron chi connectivity index (χ4n) is 3.00. The number of benzene rings is 1. The van der Waals surface area contributed by atoms with E-state index in [9.17, 15) is 18.8 Å². The van der Waals surface area contributed by atoms with Crippen molar-refractivity contribution in [1.82, 2.24) is 5.32 Å². The van der Waals surface area contributed by atoms with Gasteiger partial charge >= 0.3 is 12.6 Å². The fraction of sp³-hybridized carbons (Fsp3) is 0.368. The van der Waals surface area contributed by atoms with Gasteiger partial charge in [0.15, 0.2) is 29.3 Å². The van der Waals surface area contributed by atoms with Crippen LogP contribution >= 0.6 is 35.0 Å². The Kier molecular flexibility index (Phi) is 8.04. The Morgan fingerprint density at radius 3 is 2.61 bits per heavy atom. The zero-order chi connectivity index (χ0) is 22.5. The number of nitrogens with one attached hydrogen (secondary N) is 1. The molecular formula is C19H18Cl2F2N2O5S. The topological polar surface area (TPSA) is 83.7 Å². The third-order valence-corrected chi connectivity index (χ3v) is 6.20. The highest BCUT2D eigenvalue weighted by atomic mass is 35.5. The van der Waals surface area contributed by atoms with Gasteiger partial charge in [0.1, 0.15) is 16.1 Å². The summed E-state index contributed by atoms with van der Waals surface area (Å²) in [5, 5.41) is 14.2. The molecular weight excluding hydrogens is 477 g/mol. The van der Waals surface area contributed by atoms with E-state index in [1.165, 1.54) is 37.1 Å². The Labute approximate surface area is 191 Å². The Bertz CT molecular complexity index is 925. The van der Waals surface area contributed by atoms with Gasteiger partial charge in [-0.1, -0.05) is 29.3 Å². The molecule has 0 aliphatic carbocycles. The molecule has 3 rings (SSSR count). The summed E-state index contributed by atoms with van der Waals surface area (Å²) in [6, 6.07) is 4.21. The number of hydrogen-bond donors (Lipinski definition) is 1. The molecule has 1 N–H and O–H groups in total. The van der Waals surface area contributed by atoms with E-state index in [1.807, 2.05) is 0 Å². The minimum atomic E-state index is -3.03. The highest BCUT2D eigenvalue weighted by Gasteiger charge is 2.29. The van der Waals surface area contributed by atoms with Crippen molar-refractivity contribution in [1.29, 1.82) is 0 Å². The average molecular weight is 495 g/mol. The first kappa shape index (κ1) is 23.6. The predicted octanol–water partition coefficient (Wildman–Crippen LogP) is 3.73. The van der Waals surface area contributed by atoms with Gasteiger partial charge in [-0.15, -0.1) is 11.8 Å². The molecule has 2 aromatic rings. The molecule has 1 fully saturated rings. The second-order valence-corrected chi connectivity index (χ2v) is 8.44. The number of carbonyl (C=O) groups is 1. The molecule has 0 saturated carbocycles. The number of thioether (sulfide) groups is 1. The van der Waals surface area contributed by atoms with Crippen LogP contribution in [0.3, 0.4) is 0 Å². The molecule has 0 radical (unpaired) electrons. The Morgan fingerprint density at radius 2 is 2.03 bits per heavy atom. The molecule has 0 amide bonds. The summed E-state index contributed by atoms with van der Waals surface area (Å²) in [6.07, 6.45) is 1.43. The van der Waals surface area contributed by atoms with Crippen LogP contribution in [0.1, 0.15) is 17.2 Å². The second kappa shape index (κ2) is 10.5. The predicted molar refractivity (Wildman–Crippen MR) is 112 cm³/mol. The monoisotopic (exact) mass is 494 g/mol. The van der Waals surface area contributed by atoms with Crippen LogP contribution in [0.25, 0.3) is 0 Å². The van der Waals surface area contributed by atoms with Crippen molar-refractivity contribution >= 4 is 40.9 Å². The lowest BCUT2D eigenvalue weighted by molar-refractivity contribution is -0.605. The van der Waals surface area contributed by atoms with Crippen LogP contribution in [0.15, 0.2) is 30.6 Å². The third-order valence-electron chi connectivity index (χ3n) is 4.41. The van der Waals surface area contributed by atoms with Gasteiger partial charge in [-0.25, -0.2) is 4.79 Å². The number of halogens is 4. The molecule has 2 heterocycles. The first-order valence-electron chi connectivity index (χ1n) is 9.03. The minimum Gasteiger partial charge on any atom is -0.619 e. The normalized spacial score (nSPS) is 16.9. The number of rotatable bonds is 8. The quantitative estimate of drug-likeness (QED) is 0.340. The summed E-state index contributed by atoms with van der Waals surface area (Å²) in [6.45, 7) is -2.36. The molecule has 12 heteroatoms. The van der Waals surface area contributed by atoms with Crippen LogP contribution in [0.5, 0.6) is 11.5 Å². The number of hydrogen-bond acceptors (Lipinski definition) is 7. The van der Waals surface area contributed by atoms with E-state index in [0.29, 0.717) is 22.4 Å². The number of methoxy groups -OCH3 is 1. The number of carbonyl (C=O) groups excluding carboxylic acids is 1. The maximum Gasteiger partial charge on any atom is 0.387 e. The number of ether oxygens (including phenoxy) is 3. The van der Waals surface area contributed by atoms with Gasteiger partial charge in [0.25, 0.3) is 0 Å². The SMILES string of the molecule is COc1cc(C(Cc2c(Cl)c[n+]([O-])cc2Cl)OC(=O)C2NCCS2)ccc1OC(F)F. The van der Waals surface area contributed by atoms with E-state index in [2.05, 4.69) is 10.1 Å². The maximum atomic E-state index is 12.6. The molecule has 168 valence electrons. The standard InChI is InChI=1S/C19H18Cl2F2N2O5S/c1-28-16-6-10(2-3-14(16)30-19(22)23)15(29-18(26)17-24-4-5-31-17)7-11-12(20)8-25(27)9-13(11)21/h2-3,6,8-9,15,17,19,24H,4-5,7H2,1H3. The average Bonchev–Trinajstić information content (AvgIpc) is 3.24. The zero-order valence-electron chi connectivity index (χ0n) is 16.1. The summed E-state index contributed by atoms with van der Waals surface area (Å²) in [5.74, 6) is 0.136. The molecule has 1 aromatic heterocycles. The van der Waals surface area contributed by atoms with Crippen molar-refractivity contribution < 1.29 is 32.5 Å². The maximum absolute atomic E-state index is 12.6. The number of aromatic nitrogens is 1. The van der Waals surface area contributed by atoms with Crippen molar-refractivity contribution in [3.05, 3.63) is 57.0 Å². The van der Waals surface area contributed by atoms with E-state index in [1.54, 1.807) is 0 Å². The smallest absolute Gasteiger partial charge is 0.387 e. The van der Waals surface area contributed by atoms with Crippen molar-refractivity contribution in [2.75, 3.05) is 19.4 Å². The van der Waals surface area contributed by atoms with Crippen LogP contribution in [0.2, 0.25) is 10.0 Å². The molecule has 1 saturated heterocycles. The first-order valence-corrected chi connectivity index (χ1v) is 10.8. The van der Waals surface area contributed by atoms with E-state index in [-0.39, 0.29) is 28.0 Å². The fourth-order valence-corrected chi connectivity index (χ4v) is 4.49. The van der Waals surface area contributed by atoms with Crippen molar-refractivity contribution in [3.8, 4) is 11.5 Å². The lowest BCUT2D eigenvalue weighted by Gasteiger charge is -2.22. The van der Waals surface area contributed by atoms with Crippen LogP contribution in [0, 0.1) is 5.21 Å². The zero-order valence-corrected chi connectivity index (χ0v) is 18.5. The van der Waals surface area contributed by atoms with Gasteiger partial charge < -0.3 is 19.4 Å². The number of esters is 1. The van der Waals surface area contributed by atoms with E-state index in [0.717, 1.165) is 18.1 Å². The van der Waals surface area contributed by atoms with Crippen molar-refractivity contribution in [2.45, 2.75) is 24.5 Å². The van der Waals surface area contributed by atoms with Crippen LogP contribution < -0.4 is 19.5 Å². The van der Waals surface area contributed by atoms with Crippen LogP contribution in [0.4, 0.5) is 8.78 Å². The highest BCUT2D eigenvalue weighted by Crippen LogP contribution is 2.36. The van der Waals surface area contributed by atoms with Crippen molar-refractivity contribution in [2.24, 2.45) is 0 Å². The van der Waals surface area contributed by atoms with Gasteiger partial charge in [0.05, 0.1) is 7.11 Å². The highest BCUT2D eigenvalue weighted by molar-refractivity contribution is 8.00. The molecule has 0 bridgehead atoms. The number of alkyl halides is 2.